The van der Waals surface area contributed by atoms with Gasteiger partial charge in [0.2, 0.25) is 5.91 Å². The van der Waals surface area contributed by atoms with E-state index in [9.17, 15) is 14.0 Å². The van der Waals surface area contributed by atoms with E-state index in [0.717, 1.165) is 5.57 Å². The van der Waals surface area contributed by atoms with Gasteiger partial charge in [-0.2, -0.15) is 0 Å². The summed E-state index contributed by atoms with van der Waals surface area (Å²) in [7, 11) is 1.28. The fraction of sp³-hybridized carbons (Fsp3) is 0.312. The third kappa shape index (κ3) is 3.78. The first-order chi connectivity index (χ1) is 10.5. The Kier molecular flexibility index (Phi) is 5.04. The van der Waals surface area contributed by atoms with Crippen LogP contribution in [0.2, 0.25) is 0 Å². The smallest absolute Gasteiger partial charge is 0.338 e. The number of halogens is 1. The summed E-state index contributed by atoms with van der Waals surface area (Å²) in [5.41, 5.74) is 1.06. The molecule has 1 N–H and O–H groups in total. The first kappa shape index (κ1) is 15.9. The molecular weight excluding hydrogens is 287 g/mol. The molecule has 0 radical (unpaired) electrons. The maximum atomic E-state index is 13.0. The number of methoxy groups -OCH3 is 1. The number of esters is 1. The highest BCUT2D eigenvalue weighted by Gasteiger charge is 2.19. The summed E-state index contributed by atoms with van der Waals surface area (Å²) in [6.07, 6.45) is 5.48. The van der Waals surface area contributed by atoms with E-state index in [1.165, 1.54) is 31.5 Å². The fourth-order valence-electron chi connectivity index (χ4n) is 2.06. The Bertz CT molecular complexity index is 640. The van der Waals surface area contributed by atoms with Crippen LogP contribution < -0.4 is 5.32 Å². The molecule has 1 aliphatic rings. The van der Waals surface area contributed by atoms with Crippen LogP contribution in [0.5, 0.6) is 0 Å². The van der Waals surface area contributed by atoms with Crippen molar-refractivity contribution in [2.75, 3.05) is 12.4 Å². The molecule has 6 heteroatoms. The third-order valence-corrected chi connectivity index (χ3v) is 3.40. The number of carbonyl (C=O) groups is 2. The normalized spacial score (nSPS) is 18.3. The van der Waals surface area contributed by atoms with Crippen molar-refractivity contribution in [1.82, 2.24) is 4.98 Å². The molecule has 1 aromatic heterocycles. The first-order valence-corrected chi connectivity index (χ1v) is 6.89. The summed E-state index contributed by atoms with van der Waals surface area (Å²) in [5, 5.41) is 2.64. The Morgan fingerprint density at radius 3 is 2.91 bits per heavy atom. The molecule has 1 aliphatic carbocycles. The molecule has 0 saturated heterocycles. The van der Waals surface area contributed by atoms with E-state index in [1.54, 1.807) is 19.1 Å². The number of pyridine rings is 1. The van der Waals surface area contributed by atoms with Gasteiger partial charge in [-0.1, -0.05) is 18.2 Å². The zero-order valence-electron chi connectivity index (χ0n) is 12.4. The van der Waals surface area contributed by atoms with Crippen molar-refractivity contribution in [2.24, 2.45) is 5.92 Å². The molecular formula is C16H17FN2O3. The van der Waals surface area contributed by atoms with Gasteiger partial charge in [-0.05, 0) is 24.6 Å². The van der Waals surface area contributed by atoms with Crippen molar-refractivity contribution in [2.45, 2.75) is 19.5 Å². The van der Waals surface area contributed by atoms with Crippen molar-refractivity contribution in [3.8, 4) is 0 Å². The Balaban J connectivity index is 2.06. The SMILES string of the molecule is COC(=O)c1ccnc(NC(=O)C(C)C2=CCC(F)C=C2)c1. The second-order valence-corrected chi connectivity index (χ2v) is 4.95. The maximum Gasteiger partial charge on any atom is 0.338 e. The highest BCUT2D eigenvalue weighted by atomic mass is 19.1. The van der Waals surface area contributed by atoms with Crippen LogP contribution in [0, 0.1) is 5.92 Å². The van der Waals surface area contributed by atoms with Crippen LogP contribution in [0.4, 0.5) is 10.2 Å². The largest absolute Gasteiger partial charge is 0.465 e. The second kappa shape index (κ2) is 6.98. The number of hydrogen-bond donors (Lipinski definition) is 1. The topological polar surface area (TPSA) is 68.3 Å². The lowest BCUT2D eigenvalue weighted by Crippen LogP contribution is -2.23. The monoisotopic (exact) mass is 304 g/mol. The summed E-state index contributed by atoms with van der Waals surface area (Å²) in [5.74, 6) is -0.948. The van der Waals surface area contributed by atoms with E-state index in [0.29, 0.717) is 5.56 Å². The van der Waals surface area contributed by atoms with E-state index in [-0.39, 0.29) is 18.1 Å². The summed E-state index contributed by atoms with van der Waals surface area (Å²) >= 11 is 0. The van der Waals surface area contributed by atoms with Gasteiger partial charge in [0.1, 0.15) is 12.0 Å². The average molecular weight is 304 g/mol. The predicted molar refractivity (Wildman–Crippen MR) is 80.1 cm³/mol. The average Bonchev–Trinajstić information content (AvgIpc) is 2.54. The highest BCUT2D eigenvalue weighted by molar-refractivity contribution is 5.95. The number of aromatic nitrogens is 1. The van der Waals surface area contributed by atoms with Crippen LogP contribution in [0.25, 0.3) is 0 Å². The van der Waals surface area contributed by atoms with Gasteiger partial charge in [0.05, 0.1) is 18.6 Å². The van der Waals surface area contributed by atoms with Crippen molar-refractivity contribution in [1.29, 1.82) is 0 Å². The van der Waals surface area contributed by atoms with Gasteiger partial charge in [-0.15, -0.1) is 0 Å². The summed E-state index contributed by atoms with van der Waals surface area (Å²) in [4.78, 5) is 27.7. The molecule has 0 aromatic carbocycles. The van der Waals surface area contributed by atoms with Gasteiger partial charge in [-0.25, -0.2) is 14.2 Å². The second-order valence-electron chi connectivity index (χ2n) is 4.95. The van der Waals surface area contributed by atoms with Gasteiger partial charge >= 0.3 is 5.97 Å². The number of hydrogen-bond acceptors (Lipinski definition) is 4. The van der Waals surface area contributed by atoms with Gasteiger partial charge in [-0.3, -0.25) is 4.79 Å². The lowest BCUT2D eigenvalue weighted by atomic mass is 9.94. The Morgan fingerprint density at radius 1 is 1.50 bits per heavy atom. The number of amides is 1. The zero-order valence-corrected chi connectivity index (χ0v) is 12.4. The molecule has 0 saturated carbocycles. The number of nitrogens with one attached hydrogen (secondary N) is 1. The Morgan fingerprint density at radius 2 is 2.27 bits per heavy atom. The Hall–Kier alpha value is -2.50. The number of ether oxygens (including phenoxy) is 1. The van der Waals surface area contributed by atoms with E-state index in [4.69, 9.17) is 0 Å². The maximum absolute atomic E-state index is 13.0. The van der Waals surface area contributed by atoms with Crippen molar-refractivity contribution >= 4 is 17.7 Å². The van der Waals surface area contributed by atoms with Gasteiger partial charge in [0.15, 0.2) is 0 Å². The quantitative estimate of drug-likeness (QED) is 0.868. The van der Waals surface area contributed by atoms with Crippen LogP contribution in [-0.2, 0) is 9.53 Å². The van der Waals surface area contributed by atoms with E-state index < -0.39 is 18.1 Å². The number of nitrogens with zero attached hydrogens (tertiary/aromatic N) is 1. The first-order valence-electron chi connectivity index (χ1n) is 6.89. The minimum atomic E-state index is -0.989. The molecule has 2 unspecified atom stereocenters. The van der Waals surface area contributed by atoms with Gasteiger partial charge in [0.25, 0.3) is 0 Å². The fourth-order valence-corrected chi connectivity index (χ4v) is 2.06. The van der Waals surface area contributed by atoms with Crippen LogP contribution in [-0.4, -0.2) is 30.1 Å². The lowest BCUT2D eigenvalue weighted by molar-refractivity contribution is -0.118. The van der Waals surface area contributed by atoms with Gasteiger partial charge in [0, 0.05) is 12.6 Å². The molecule has 0 spiro atoms. The van der Waals surface area contributed by atoms with E-state index in [2.05, 4.69) is 15.0 Å². The van der Waals surface area contributed by atoms with Crippen molar-refractivity contribution in [3.05, 3.63) is 47.7 Å². The van der Waals surface area contributed by atoms with Crippen LogP contribution in [0.3, 0.4) is 0 Å². The summed E-state index contributed by atoms with van der Waals surface area (Å²) < 4.78 is 17.7. The molecule has 1 aromatic rings. The number of rotatable bonds is 4. The number of alkyl halides is 1. The van der Waals surface area contributed by atoms with Gasteiger partial charge < -0.3 is 10.1 Å². The predicted octanol–water partition coefficient (Wildman–Crippen LogP) is 2.67. The van der Waals surface area contributed by atoms with E-state index >= 15 is 0 Å². The molecule has 2 atom stereocenters. The molecule has 1 heterocycles. The number of carbonyl (C=O) groups excluding carboxylic acids is 2. The molecule has 5 nitrogen and oxygen atoms in total. The molecule has 0 bridgehead atoms. The van der Waals surface area contributed by atoms with E-state index in [1.807, 2.05) is 0 Å². The molecule has 116 valence electrons. The molecule has 22 heavy (non-hydrogen) atoms. The minimum absolute atomic E-state index is 0.267. The van der Waals surface area contributed by atoms with Crippen molar-refractivity contribution < 1.29 is 18.7 Å². The molecule has 2 rings (SSSR count). The standard InChI is InChI=1S/C16H17FN2O3/c1-10(11-3-5-13(17)6-4-11)15(20)19-14-9-12(7-8-18-14)16(21)22-2/h3-5,7-10,13H,6H2,1-2H3,(H,18,19,20). The Labute approximate surface area is 127 Å². The summed E-state index contributed by atoms with van der Waals surface area (Å²) in [6, 6.07) is 2.94. The summed E-state index contributed by atoms with van der Waals surface area (Å²) in [6.45, 7) is 1.73. The third-order valence-electron chi connectivity index (χ3n) is 3.40. The minimum Gasteiger partial charge on any atom is -0.465 e. The number of allylic oxidation sites excluding steroid dienone is 3. The van der Waals surface area contributed by atoms with Crippen LogP contribution in [0.15, 0.2) is 42.1 Å². The lowest BCUT2D eigenvalue weighted by Gasteiger charge is -2.16. The molecule has 0 aliphatic heterocycles. The van der Waals surface area contributed by atoms with Crippen LogP contribution in [0.1, 0.15) is 23.7 Å². The zero-order chi connectivity index (χ0) is 16.1. The molecule has 1 amide bonds. The van der Waals surface area contributed by atoms with Crippen molar-refractivity contribution in [3.63, 3.8) is 0 Å². The highest BCUT2D eigenvalue weighted by Crippen LogP contribution is 2.21. The van der Waals surface area contributed by atoms with Crippen LogP contribution >= 0.6 is 0 Å². The molecule has 0 fully saturated rings. The number of anilines is 1.